The summed E-state index contributed by atoms with van der Waals surface area (Å²) in [6, 6.07) is 4.67. The second-order valence-electron chi connectivity index (χ2n) is 5.30. The third kappa shape index (κ3) is 3.30. The lowest BCUT2D eigenvalue weighted by atomic mass is 10.0. The number of aliphatic hydroxyl groups excluding tert-OH is 1. The van der Waals surface area contributed by atoms with Crippen LogP contribution in [-0.2, 0) is 6.42 Å². The number of likely N-dealkylation sites (tertiary alicyclic amines) is 1. The standard InChI is InChI=1S/C15H24N2O/c1-3-5-14-8-7-13(10-16-14)12(2)17-9-4-6-15(18)11-17/h7-8,10,12,15,18H,3-6,9,11H2,1-2H3. The van der Waals surface area contributed by atoms with Gasteiger partial charge in [-0.1, -0.05) is 19.4 Å². The molecule has 3 heteroatoms. The van der Waals surface area contributed by atoms with Gasteiger partial charge in [-0.05, 0) is 44.4 Å². The van der Waals surface area contributed by atoms with Crippen molar-refractivity contribution in [3.05, 3.63) is 29.6 Å². The Morgan fingerprint density at radius 2 is 2.33 bits per heavy atom. The van der Waals surface area contributed by atoms with Crippen molar-refractivity contribution in [3.63, 3.8) is 0 Å². The zero-order chi connectivity index (χ0) is 13.0. The number of pyridine rings is 1. The largest absolute Gasteiger partial charge is 0.392 e. The molecule has 0 saturated carbocycles. The van der Waals surface area contributed by atoms with Crippen molar-refractivity contribution in [1.82, 2.24) is 9.88 Å². The van der Waals surface area contributed by atoms with E-state index in [1.807, 2.05) is 6.20 Å². The van der Waals surface area contributed by atoms with Gasteiger partial charge in [0.1, 0.15) is 0 Å². The molecule has 3 nitrogen and oxygen atoms in total. The highest BCUT2D eigenvalue weighted by molar-refractivity contribution is 5.17. The van der Waals surface area contributed by atoms with Crippen molar-refractivity contribution in [2.45, 2.75) is 51.7 Å². The van der Waals surface area contributed by atoms with Crippen molar-refractivity contribution >= 4 is 0 Å². The lowest BCUT2D eigenvalue weighted by Crippen LogP contribution is -2.39. The topological polar surface area (TPSA) is 36.4 Å². The molecule has 0 bridgehead atoms. The van der Waals surface area contributed by atoms with Gasteiger partial charge in [0, 0.05) is 24.5 Å². The molecule has 1 aromatic heterocycles. The Labute approximate surface area is 110 Å². The zero-order valence-electron chi connectivity index (χ0n) is 11.5. The Kier molecular flexibility index (Phi) is 4.72. The highest BCUT2D eigenvalue weighted by Crippen LogP contribution is 2.23. The third-order valence-electron chi connectivity index (χ3n) is 3.81. The number of aromatic nitrogens is 1. The van der Waals surface area contributed by atoms with E-state index in [4.69, 9.17) is 0 Å². The van der Waals surface area contributed by atoms with Crippen LogP contribution in [0.15, 0.2) is 18.3 Å². The second kappa shape index (κ2) is 6.30. The Hall–Kier alpha value is -0.930. The Bertz CT molecular complexity index is 363. The summed E-state index contributed by atoms with van der Waals surface area (Å²) in [6.07, 6.45) is 6.06. The molecule has 0 aromatic carbocycles. The van der Waals surface area contributed by atoms with Gasteiger partial charge in [0.05, 0.1) is 6.10 Å². The van der Waals surface area contributed by atoms with Crippen LogP contribution in [0.5, 0.6) is 0 Å². The fraction of sp³-hybridized carbons (Fsp3) is 0.667. The fourth-order valence-electron chi connectivity index (χ4n) is 2.63. The van der Waals surface area contributed by atoms with Gasteiger partial charge in [0.15, 0.2) is 0 Å². The van der Waals surface area contributed by atoms with Gasteiger partial charge < -0.3 is 5.11 Å². The molecule has 18 heavy (non-hydrogen) atoms. The highest BCUT2D eigenvalue weighted by Gasteiger charge is 2.22. The maximum atomic E-state index is 9.73. The Morgan fingerprint density at radius 3 is 2.94 bits per heavy atom. The zero-order valence-corrected chi connectivity index (χ0v) is 11.5. The number of aryl methyl sites for hydroxylation is 1. The number of β-amino-alcohol motifs (C(OH)–C–C–N with tert-alkyl or cyclic N) is 1. The van der Waals surface area contributed by atoms with Gasteiger partial charge in [-0.15, -0.1) is 0 Å². The monoisotopic (exact) mass is 248 g/mol. The van der Waals surface area contributed by atoms with Crippen molar-refractivity contribution in [2.24, 2.45) is 0 Å². The van der Waals surface area contributed by atoms with Crippen LogP contribution in [0.2, 0.25) is 0 Å². The predicted octanol–water partition coefficient (Wildman–Crippen LogP) is 2.55. The number of piperidine rings is 1. The van der Waals surface area contributed by atoms with E-state index in [0.717, 1.165) is 38.8 Å². The van der Waals surface area contributed by atoms with Crippen LogP contribution in [0, 0.1) is 0 Å². The molecule has 2 unspecified atom stereocenters. The molecule has 0 amide bonds. The molecule has 0 spiro atoms. The molecule has 1 N–H and O–H groups in total. The number of rotatable bonds is 4. The van der Waals surface area contributed by atoms with E-state index in [0.29, 0.717) is 6.04 Å². The summed E-state index contributed by atoms with van der Waals surface area (Å²) in [6.45, 7) is 6.24. The lowest BCUT2D eigenvalue weighted by molar-refractivity contribution is 0.0503. The van der Waals surface area contributed by atoms with Gasteiger partial charge in [-0.25, -0.2) is 0 Å². The van der Waals surface area contributed by atoms with Crippen LogP contribution >= 0.6 is 0 Å². The summed E-state index contributed by atoms with van der Waals surface area (Å²) < 4.78 is 0. The lowest BCUT2D eigenvalue weighted by Gasteiger charge is -2.34. The Morgan fingerprint density at radius 1 is 1.50 bits per heavy atom. The van der Waals surface area contributed by atoms with Gasteiger partial charge in [-0.3, -0.25) is 9.88 Å². The second-order valence-corrected chi connectivity index (χ2v) is 5.30. The van der Waals surface area contributed by atoms with Crippen LogP contribution < -0.4 is 0 Å². The first-order valence-electron chi connectivity index (χ1n) is 7.07. The van der Waals surface area contributed by atoms with Gasteiger partial charge in [-0.2, -0.15) is 0 Å². The Balaban J connectivity index is 2.01. The van der Waals surface area contributed by atoms with Crippen molar-refractivity contribution in [2.75, 3.05) is 13.1 Å². The van der Waals surface area contributed by atoms with Crippen molar-refractivity contribution in [3.8, 4) is 0 Å². The van der Waals surface area contributed by atoms with E-state index in [1.165, 1.54) is 11.3 Å². The van der Waals surface area contributed by atoms with Crippen molar-refractivity contribution < 1.29 is 5.11 Å². The normalized spacial score (nSPS) is 22.9. The summed E-state index contributed by atoms with van der Waals surface area (Å²) in [7, 11) is 0. The SMILES string of the molecule is CCCc1ccc(C(C)N2CCCC(O)C2)cn1. The first-order chi connectivity index (χ1) is 8.70. The number of nitrogens with zero attached hydrogens (tertiary/aromatic N) is 2. The first-order valence-corrected chi connectivity index (χ1v) is 7.07. The number of hydrogen-bond acceptors (Lipinski definition) is 3. The summed E-state index contributed by atoms with van der Waals surface area (Å²) in [5.74, 6) is 0. The molecule has 1 aromatic rings. The molecule has 0 radical (unpaired) electrons. The van der Waals surface area contributed by atoms with E-state index in [-0.39, 0.29) is 6.10 Å². The summed E-state index contributed by atoms with van der Waals surface area (Å²) in [5.41, 5.74) is 2.43. The smallest absolute Gasteiger partial charge is 0.0667 e. The molecule has 1 fully saturated rings. The first kappa shape index (κ1) is 13.5. The van der Waals surface area contributed by atoms with Crippen LogP contribution in [0.1, 0.15) is 50.4 Å². The van der Waals surface area contributed by atoms with Crippen LogP contribution in [0.3, 0.4) is 0 Å². The maximum Gasteiger partial charge on any atom is 0.0667 e. The van der Waals surface area contributed by atoms with Gasteiger partial charge in [0.25, 0.3) is 0 Å². The van der Waals surface area contributed by atoms with Crippen molar-refractivity contribution in [1.29, 1.82) is 0 Å². The average Bonchev–Trinajstić information content (AvgIpc) is 2.39. The number of hydrogen-bond donors (Lipinski definition) is 1. The molecule has 0 aliphatic carbocycles. The number of aliphatic hydroxyl groups is 1. The molecule has 2 atom stereocenters. The van der Waals surface area contributed by atoms with Gasteiger partial charge >= 0.3 is 0 Å². The van der Waals surface area contributed by atoms with Gasteiger partial charge in [0.2, 0.25) is 0 Å². The molecular formula is C15H24N2O. The molecule has 1 aliphatic rings. The summed E-state index contributed by atoms with van der Waals surface area (Å²) in [4.78, 5) is 6.87. The molecule has 1 aliphatic heterocycles. The minimum atomic E-state index is -0.159. The van der Waals surface area contributed by atoms with E-state index in [9.17, 15) is 5.11 Å². The van der Waals surface area contributed by atoms with Crippen LogP contribution in [0.4, 0.5) is 0 Å². The average molecular weight is 248 g/mol. The molecule has 2 heterocycles. The van der Waals surface area contributed by atoms with Crippen LogP contribution in [0.25, 0.3) is 0 Å². The minimum absolute atomic E-state index is 0.159. The molecular weight excluding hydrogens is 224 g/mol. The maximum absolute atomic E-state index is 9.73. The molecule has 1 saturated heterocycles. The van der Waals surface area contributed by atoms with E-state index in [1.54, 1.807) is 0 Å². The summed E-state index contributed by atoms with van der Waals surface area (Å²) in [5, 5.41) is 9.73. The predicted molar refractivity (Wildman–Crippen MR) is 73.5 cm³/mol. The quantitative estimate of drug-likeness (QED) is 0.889. The summed E-state index contributed by atoms with van der Waals surface area (Å²) >= 11 is 0. The third-order valence-corrected chi connectivity index (χ3v) is 3.81. The molecule has 100 valence electrons. The van der Waals surface area contributed by atoms with Crippen LogP contribution in [-0.4, -0.2) is 34.2 Å². The van der Waals surface area contributed by atoms with E-state index in [2.05, 4.69) is 35.9 Å². The minimum Gasteiger partial charge on any atom is -0.392 e. The fourth-order valence-corrected chi connectivity index (χ4v) is 2.63. The van der Waals surface area contributed by atoms with E-state index < -0.39 is 0 Å². The van der Waals surface area contributed by atoms with E-state index >= 15 is 0 Å². The molecule has 2 rings (SSSR count). The highest BCUT2D eigenvalue weighted by atomic mass is 16.3.